The van der Waals surface area contributed by atoms with Crippen molar-refractivity contribution in [3.63, 3.8) is 0 Å². The molecule has 0 amide bonds. The fourth-order valence-electron chi connectivity index (χ4n) is 1.60. The Hall–Kier alpha value is -0.280. The molecule has 0 aromatic heterocycles. The Morgan fingerprint density at radius 2 is 2.12 bits per heavy atom. The molecule has 0 spiro atoms. The molecule has 0 aliphatic rings. The summed E-state index contributed by atoms with van der Waals surface area (Å²) in [5.41, 5.74) is 1.08. The van der Waals surface area contributed by atoms with Gasteiger partial charge >= 0.3 is 0 Å². The highest BCUT2D eigenvalue weighted by molar-refractivity contribution is 6.35. The van der Waals surface area contributed by atoms with Gasteiger partial charge < -0.3 is 10.1 Å². The monoisotopic (exact) mass is 275 g/mol. The average molecular weight is 276 g/mol. The first-order valence-corrected chi connectivity index (χ1v) is 6.66. The summed E-state index contributed by atoms with van der Waals surface area (Å²) in [4.78, 5) is 0. The van der Waals surface area contributed by atoms with Crippen molar-refractivity contribution in [2.75, 3.05) is 19.8 Å². The van der Waals surface area contributed by atoms with Gasteiger partial charge in [-0.2, -0.15) is 0 Å². The van der Waals surface area contributed by atoms with Gasteiger partial charge in [-0.25, -0.2) is 0 Å². The molecular formula is C13H19Cl2NO. The van der Waals surface area contributed by atoms with Gasteiger partial charge in [-0.05, 0) is 44.5 Å². The van der Waals surface area contributed by atoms with Crippen LogP contribution in [0, 0.1) is 0 Å². The Balaban J connectivity index is 2.38. The number of hydrogen-bond acceptors (Lipinski definition) is 2. The van der Waals surface area contributed by atoms with Crippen LogP contribution in [0.5, 0.6) is 0 Å². The quantitative estimate of drug-likeness (QED) is 0.758. The van der Waals surface area contributed by atoms with Crippen molar-refractivity contribution < 1.29 is 4.74 Å². The molecule has 96 valence electrons. The van der Waals surface area contributed by atoms with Crippen LogP contribution in [0.1, 0.15) is 31.9 Å². The molecule has 2 nitrogen and oxygen atoms in total. The van der Waals surface area contributed by atoms with Crippen LogP contribution in [-0.4, -0.2) is 19.8 Å². The molecule has 0 bridgehead atoms. The topological polar surface area (TPSA) is 21.3 Å². The van der Waals surface area contributed by atoms with Gasteiger partial charge in [0.05, 0.1) is 0 Å². The van der Waals surface area contributed by atoms with Gasteiger partial charge in [0.2, 0.25) is 0 Å². The van der Waals surface area contributed by atoms with E-state index in [9.17, 15) is 0 Å². The van der Waals surface area contributed by atoms with Gasteiger partial charge in [0, 0.05) is 29.3 Å². The first kappa shape index (κ1) is 14.8. The zero-order valence-corrected chi connectivity index (χ0v) is 11.8. The lowest BCUT2D eigenvalue weighted by molar-refractivity contribution is 0.144. The van der Waals surface area contributed by atoms with E-state index in [0.29, 0.717) is 10.0 Å². The van der Waals surface area contributed by atoms with Crippen molar-refractivity contribution in [2.45, 2.75) is 26.3 Å². The smallest absolute Gasteiger partial charge is 0.0477 e. The highest BCUT2D eigenvalue weighted by Gasteiger charge is 2.08. The molecule has 1 rings (SSSR count). The number of ether oxygens (including phenoxy) is 1. The van der Waals surface area contributed by atoms with Gasteiger partial charge in [-0.1, -0.05) is 29.3 Å². The Bertz CT molecular complexity index is 344. The third-order valence-corrected chi connectivity index (χ3v) is 3.11. The summed E-state index contributed by atoms with van der Waals surface area (Å²) in [5, 5.41) is 4.79. The number of rotatable bonds is 7. The fraction of sp³-hybridized carbons (Fsp3) is 0.538. The van der Waals surface area contributed by atoms with E-state index < -0.39 is 0 Å². The lowest BCUT2D eigenvalue weighted by atomic mass is 10.1. The zero-order valence-electron chi connectivity index (χ0n) is 10.3. The maximum atomic E-state index is 6.14. The third kappa shape index (κ3) is 5.26. The minimum Gasteiger partial charge on any atom is -0.382 e. The second-order valence-corrected chi connectivity index (χ2v) is 4.74. The lowest BCUT2D eigenvalue weighted by Crippen LogP contribution is -2.21. The average Bonchev–Trinajstić information content (AvgIpc) is 2.28. The van der Waals surface area contributed by atoms with E-state index in [1.54, 1.807) is 6.07 Å². The molecule has 0 aliphatic carbocycles. The maximum absolute atomic E-state index is 6.14. The number of hydrogen-bond donors (Lipinski definition) is 1. The van der Waals surface area contributed by atoms with Gasteiger partial charge in [-0.3, -0.25) is 0 Å². The molecule has 0 aliphatic heterocycles. The van der Waals surface area contributed by atoms with Crippen LogP contribution >= 0.6 is 23.2 Å². The predicted molar refractivity (Wildman–Crippen MR) is 74.0 cm³/mol. The minimum atomic E-state index is 0.224. The molecule has 0 heterocycles. The zero-order chi connectivity index (χ0) is 12.7. The summed E-state index contributed by atoms with van der Waals surface area (Å²) in [6.07, 6.45) is 1.00. The molecule has 1 atom stereocenters. The second-order valence-electron chi connectivity index (χ2n) is 3.89. The molecule has 0 fully saturated rings. The SMILES string of the molecule is CCOCCCNC(C)c1ccc(Cl)cc1Cl. The Morgan fingerprint density at radius 1 is 1.35 bits per heavy atom. The first-order chi connectivity index (χ1) is 8.15. The summed E-state index contributed by atoms with van der Waals surface area (Å²) in [7, 11) is 0. The van der Waals surface area contributed by atoms with Crippen LogP contribution < -0.4 is 5.32 Å². The van der Waals surface area contributed by atoms with E-state index in [-0.39, 0.29) is 6.04 Å². The van der Waals surface area contributed by atoms with E-state index >= 15 is 0 Å². The lowest BCUT2D eigenvalue weighted by Gasteiger charge is -2.15. The standard InChI is InChI=1S/C13H19Cl2NO/c1-3-17-8-4-7-16-10(2)12-6-5-11(14)9-13(12)15/h5-6,9-10,16H,3-4,7-8H2,1-2H3. The molecule has 0 radical (unpaired) electrons. The molecule has 1 N–H and O–H groups in total. The summed E-state index contributed by atoms with van der Waals surface area (Å²) in [6, 6.07) is 5.82. The molecule has 0 saturated heterocycles. The normalized spacial score (nSPS) is 12.7. The molecule has 1 aromatic rings. The van der Waals surface area contributed by atoms with Crippen LogP contribution in [0.3, 0.4) is 0 Å². The van der Waals surface area contributed by atoms with Crippen LogP contribution in [0.4, 0.5) is 0 Å². The first-order valence-electron chi connectivity index (χ1n) is 5.91. The van der Waals surface area contributed by atoms with Crippen molar-refractivity contribution in [1.29, 1.82) is 0 Å². The molecule has 0 saturated carbocycles. The van der Waals surface area contributed by atoms with Crippen molar-refractivity contribution in [3.8, 4) is 0 Å². The van der Waals surface area contributed by atoms with Gasteiger partial charge in [0.15, 0.2) is 0 Å². The molecule has 17 heavy (non-hydrogen) atoms. The Kier molecular flexibility index (Phi) is 6.90. The Morgan fingerprint density at radius 3 is 2.76 bits per heavy atom. The van der Waals surface area contributed by atoms with Gasteiger partial charge in [0.1, 0.15) is 0 Å². The Labute approximate surface area is 113 Å². The number of halogens is 2. The van der Waals surface area contributed by atoms with Crippen molar-refractivity contribution in [1.82, 2.24) is 5.32 Å². The predicted octanol–water partition coefficient (Wildman–Crippen LogP) is 4.07. The van der Waals surface area contributed by atoms with Crippen LogP contribution in [0.2, 0.25) is 10.0 Å². The molecule has 1 aromatic carbocycles. The highest BCUT2D eigenvalue weighted by atomic mass is 35.5. The summed E-state index contributed by atoms with van der Waals surface area (Å²) < 4.78 is 5.28. The highest BCUT2D eigenvalue weighted by Crippen LogP contribution is 2.25. The van der Waals surface area contributed by atoms with Crippen molar-refractivity contribution in [2.24, 2.45) is 0 Å². The second kappa shape index (κ2) is 7.93. The van der Waals surface area contributed by atoms with E-state index in [4.69, 9.17) is 27.9 Å². The van der Waals surface area contributed by atoms with Crippen LogP contribution in [-0.2, 0) is 4.74 Å². The maximum Gasteiger partial charge on any atom is 0.0477 e. The summed E-state index contributed by atoms with van der Waals surface area (Å²) >= 11 is 12.0. The van der Waals surface area contributed by atoms with E-state index in [1.807, 2.05) is 19.1 Å². The largest absolute Gasteiger partial charge is 0.382 e. The van der Waals surface area contributed by atoms with Crippen LogP contribution in [0.25, 0.3) is 0 Å². The minimum absolute atomic E-state index is 0.224. The summed E-state index contributed by atoms with van der Waals surface area (Å²) in [6.45, 7) is 6.59. The van der Waals surface area contributed by atoms with Crippen LogP contribution in [0.15, 0.2) is 18.2 Å². The van der Waals surface area contributed by atoms with Crippen molar-refractivity contribution in [3.05, 3.63) is 33.8 Å². The van der Waals surface area contributed by atoms with Crippen molar-refractivity contribution >= 4 is 23.2 Å². The number of nitrogens with one attached hydrogen (secondary N) is 1. The molecule has 4 heteroatoms. The summed E-state index contributed by atoms with van der Waals surface area (Å²) in [5.74, 6) is 0. The van der Waals surface area contributed by atoms with E-state index in [2.05, 4.69) is 12.2 Å². The van der Waals surface area contributed by atoms with Gasteiger partial charge in [0.25, 0.3) is 0 Å². The number of benzene rings is 1. The molecule has 1 unspecified atom stereocenters. The van der Waals surface area contributed by atoms with E-state index in [1.165, 1.54) is 0 Å². The third-order valence-electron chi connectivity index (χ3n) is 2.55. The van der Waals surface area contributed by atoms with Gasteiger partial charge in [-0.15, -0.1) is 0 Å². The van der Waals surface area contributed by atoms with E-state index in [0.717, 1.165) is 31.7 Å². The fourth-order valence-corrected chi connectivity index (χ4v) is 2.17. The molecular weight excluding hydrogens is 257 g/mol.